The lowest BCUT2D eigenvalue weighted by Crippen LogP contribution is -2.53. The SMILES string of the molecule is CC(Oc1nc(N2C3CCC2CN(C)C3)c2c3c(c(-c4ncc(F)c5sc(N)c(C#N)c45)c(F)c2n1)COC3)C1CCCN1C.CSO. The summed E-state index contributed by atoms with van der Waals surface area (Å²) in [6, 6.07) is 2.86. The zero-order valence-corrected chi connectivity index (χ0v) is 28.9. The van der Waals surface area contributed by atoms with Gasteiger partial charge in [0.1, 0.15) is 28.5 Å². The second-order valence-corrected chi connectivity index (χ2v) is 14.4. The zero-order chi connectivity index (χ0) is 33.9. The van der Waals surface area contributed by atoms with Gasteiger partial charge in [-0.1, -0.05) is 0 Å². The van der Waals surface area contributed by atoms with Crippen LogP contribution in [-0.4, -0.2) is 93.5 Å². The normalized spacial score (nSPS) is 23.0. The maximum absolute atomic E-state index is 17.3. The number of nitrogen functional groups attached to an aromatic ring is 1. The Bertz CT molecular complexity index is 1920. The van der Waals surface area contributed by atoms with Crippen molar-refractivity contribution in [1.29, 1.82) is 5.26 Å². The monoisotopic (exact) mass is 696 g/mol. The van der Waals surface area contributed by atoms with Gasteiger partial charge in [-0.15, -0.1) is 11.3 Å². The molecule has 4 unspecified atom stereocenters. The van der Waals surface area contributed by atoms with E-state index in [1.807, 2.05) is 6.92 Å². The second-order valence-electron chi connectivity index (χ2n) is 13.0. The Hall–Kier alpha value is -3.39. The molecule has 0 aliphatic carbocycles. The summed E-state index contributed by atoms with van der Waals surface area (Å²) >= 11 is 1.71. The summed E-state index contributed by atoms with van der Waals surface area (Å²) in [4.78, 5) is 21.1. The van der Waals surface area contributed by atoms with Gasteiger partial charge in [0.2, 0.25) is 0 Å². The van der Waals surface area contributed by atoms with E-state index < -0.39 is 11.6 Å². The summed E-state index contributed by atoms with van der Waals surface area (Å²) in [6.07, 6.45) is 6.58. The number of benzene rings is 1. The van der Waals surface area contributed by atoms with E-state index in [-0.39, 0.29) is 80.9 Å². The minimum absolute atomic E-state index is 0.0834. The van der Waals surface area contributed by atoms with Gasteiger partial charge in [-0.3, -0.25) is 9.88 Å². The standard InChI is InChI=1S/C32H34F2N8O2S.CH4OS/c1-15(22-5-4-8-41(22)3)44-32-38-28-25(31(39-32)42-16-6-7-17(42)12-40(2)11-16)20-14-43-13-19(20)23(26(28)34)27-24-18(9-35)30(36)45-29(24)21(33)10-37-27;1-3-2/h10,15-17,22H,4-8,11-14,36H2,1-3H3;2H,1H3. The molecule has 3 saturated heterocycles. The molecule has 8 rings (SSSR count). The highest BCUT2D eigenvalue weighted by molar-refractivity contribution is 7.93. The van der Waals surface area contributed by atoms with E-state index in [2.05, 4.69) is 39.8 Å². The number of halogens is 2. The molecule has 254 valence electrons. The van der Waals surface area contributed by atoms with Crippen LogP contribution in [0, 0.1) is 23.0 Å². The van der Waals surface area contributed by atoms with Gasteiger partial charge < -0.3 is 29.6 Å². The van der Waals surface area contributed by atoms with Crippen LogP contribution < -0.4 is 15.4 Å². The number of piperazine rings is 1. The number of likely N-dealkylation sites (N-methyl/N-ethyl adjacent to an activating group) is 2. The van der Waals surface area contributed by atoms with Crippen LogP contribution in [0.2, 0.25) is 0 Å². The molecule has 0 spiro atoms. The molecule has 4 atom stereocenters. The number of pyridine rings is 1. The molecule has 11 nitrogen and oxygen atoms in total. The molecule has 15 heteroatoms. The van der Waals surface area contributed by atoms with Crippen molar-refractivity contribution in [2.24, 2.45) is 0 Å². The predicted octanol–water partition coefficient (Wildman–Crippen LogP) is 5.64. The molecule has 1 aromatic carbocycles. The molecule has 4 aromatic rings. The lowest BCUT2D eigenvalue weighted by Gasteiger charge is -2.41. The molecule has 48 heavy (non-hydrogen) atoms. The predicted molar refractivity (Wildman–Crippen MR) is 184 cm³/mol. The maximum atomic E-state index is 17.3. The summed E-state index contributed by atoms with van der Waals surface area (Å²) in [5.41, 5.74) is 8.01. The number of ether oxygens (including phenoxy) is 2. The van der Waals surface area contributed by atoms with Gasteiger partial charge >= 0.3 is 6.01 Å². The fraction of sp³-hybridized carbons (Fsp3) is 0.515. The van der Waals surface area contributed by atoms with Crippen molar-refractivity contribution in [3.8, 4) is 23.3 Å². The number of thiophene rings is 1. The Kier molecular flexibility index (Phi) is 9.07. The first kappa shape index (κ1) is 33.1. The van der Waals surface area contributed by atoms with Crippen LogP contribution in [0.1, 0.15) is 49.3 Å². The van der Waals surface area contributed by atoms with Crippen molar-refractivity contribution in [3.05, 3.63) is 34.5 Å². The van der Waals surface area contributed by atoms with Gasteiger partial charge in [0.15, 0.2) is 11.6 Å². The molecule has 4 aliphatic rings. The largest absolute Gasteiger partial charge is 0.459 e. The number of hydrogen-bond donors (Lipinski definition) is 2. The maximum Gasteiger partial charge on any atom is 0.319 e. The van der Waals surface area contributed by atoms with Gasteiger partial charge in [-0.25, -0.2) is 8.78 Å². The first-order valence-corrected chi connectivity index (χ1v) is 18.1. The van der Waals surface area contributed by atoms with Gasteiger partial charge in [0, 0.05) is 48.4 Å². The molecule has 4 aliphatic heterocycles. The van der Waals surface area contributed by atoms with E-state index in [1.54, 1.807) is 6.26 Å². The van der Waals surface area contributed by atoms with Crippen LogP contribution in [0.5, 0.6) is 6.01 Å². The van der Waals surface area contributed by atoms with Crippen LogP contribution >= 0.6 is 23.4 Å². The molecule has 0 saturated carbocycles. The zero-order valence-electron chi connectivity index (χ0n) is 27.3. The summed E-state index contributed by atoms with van der Waals surface area (Å²) in [5, 5.41) is 10.9. The van der Waals surface area contributed by atoms with Crippen LogP contribution in [0.15, 0.2) is 6.20 Å². The van der Waals surface area contributed by atoms with Crippen LogP contribution in [-0.2, 0) is 18.0 Å². The highest BCUT2D eigenvalue weighted by Crippen LogP contribution is 2.48. The fourth-order valence-corrected chi connectivity index (χ4v) is 9.02. The summed E-state index contributed by atoms with van der Waals surface area (Å²) in [6.45, 7) is 5.15. The highest BCUT2D eigenvalue weighted by Gasteiger charge is 2.42. The molecular formula is C33H38F2N8O3S2. The number of nitriles is 1. The topological polar surface area (TPSA) is 137 Å². The smallest absolute Gasteiger partial charge is 0.319 e. The van der Waals surface area contributed by atoms with E-state index in [4.69, 9.17) is 29.7 Å². The average Bonchev–Trinajstić information content (AvgIpc) is 3.83. The van der Waals surface area contributed by atoms with E-state index in [9.17, 15) is 9.65 Å². The van der Waals surface area contributed by atoms with Crippen molar-refractivity contribution in [2.45, 2.75) is 70.1 Å². The Morgan fingerprint density at radius 2 is 1.85 bits per heavy atom. The average molecular weight is 697 g/mol. The van der Waals surface area contributed by atoms with E-state index >= 15 is 4.39 Å². The number of nitrogens with two attached hydrogens (primary N) is 1. The molecule has 3 fully saturated rings. The van der Waals surface area contributed by atoms with Crippen molar-refractivity contribution in [3.63, 3.8) is 0 Å². The fourth-order valence-electron chi connectivity index (χ4n) is 8.10. The van der Waals surface area contributed by atoms with Crippen molar-refractivity contribution >= 4 is 55.2 Å². The molecule has 3 N–H and O–H groups in total. The number of aromatic nitrogens is 3. The third-order valence-electron chi connectivity index (χ3n) is 10.1. The first-order chi connectivity index (χ1) is 23.2. The number of fused-ring (bicyclic) bond motifs is 6. The Morgan fingerprint density at radius 1 is 1.15 bits per heavy atom. The third-order valence-corrected chi connectivity index (χ3v) is 11.1. The van der Waals surface area contributed by atoms with Crippen molar-refractivity contribution in [1.82, 2.24) is 24.8 Å². The van der Waals surface area contributed by atoms with Gasteiger partial charge in [-0.05, 0) is 76.4 Å². The first-order valence-electron chi connectivity index (χ1n) is 16.1. The number of nitrogens with zero attached hydrogens (tertiary/aromatic N) is 7. The minimum atomic E-state index is -0.621. The molecule has 2 bridgehead atoms. The van der Waals surface area contributed by atoms with E-state index in [0.29, 0.717) is 16.8 Å². The number of likely N-dealkylation sites (tertiary alicyclic amines) is 2. The molecule has 0 amide bonds. The lowest BCUT2D eigenvalue weighted by molar-refractivity contribution is 0.112. The van der Waals surface area contributed by atoms with E-state index in [1.165, 1.54) is 0 Å². The van der Waals surface area contributed by atoms with Gasteiger partial charge in [0.25, 0.3) is 0 Å². The molecule has 3 aromatic heterocycles. The van der Waals surface area contributed by atoms with Gasteiger partial charge in [-0.2, -0.15) is 15.2 Å². The Morgan fingerprint density at radius 3 is 2.52 bits per heavy atom. The molecule has 7 heterocycles. The summed E-state index contributed by atoms with van der Waals surface area (Å²) in [5.74, 6) is -0.564. The minimum Gasteiger partial charge on any atom is -0.459 e. The Balaban J connectivity index is 0.00000117. The lowest BCUT2D eigenvalue weighted by atomic mass is 9.93. The number of hydrogen-bond acceptors (Lipinski definition) is 13. The summed E-state index contributed by atoms with van der Waals surface area (Å²) in [7, 11) is 4.22. The number of rotatable bonds is 5. The van der Waals surface area contributed by atoms with Crippen LogP contribution in [0.3, 0.4) is 0 Å². The molecular weight excluding hydrogens is 659 g/mol. The van der Waals surface area contributed by atoms with E-state index in [0.717, 1.165) is 80.5 Å². The molecule has 0 radical (unpaired) electrons. The quantitative estimate of drug-likeness (QED) is 0.250. The van der Waals surface area contributed by atoms with Gasteiger partial charge in [0.05, 0.1) is 40.8 Å². The Labute approximate surface area is 285 Å². The van der Waals surface area contributed by atoms with Crippen LogP contribution in [0.4, 0.5) is 19.6 Å². The number of anilines is 2. The van der Waals surface area contributed by atoms with Crippen molar-refractivity contribution < 1.29 is 22.8 Å². The second kappa shape index (κ2) is 13.1. The highest BCUT2D eigenvalue weighted by atomic mass is 32.2. The third kappa shape index (κ3) is 5.43. The van der Waals surface area contributed by atoms with Crippen molar-refractivity contribution in [2.75, 3.05) is 50.6 Å². The van der Waals surface area contributed by atoms with Crippen LogP contribution in [0.25, 0.3) is 32.2 Å². The summed E-state index contributed by atoms with van der Waals surface area (Å²) < 4.78 is 52.3.